The lowest BCUT2D eigenvalue weighted by atomic mass is 10.3. The zero-order valence-electron chi connectivity index (χ0n) is 8.06. The van der Waals surface area contributed by atoms with Gasteiger partial charge in [0.25, 0.3) is 0 Å². The van der Waals surface area contributed by atoms with Gasteiger partial charge < -0.3 is 14.6 Å². The molecule has 0 rings (SSSR count). The lowest BCUT2D eigenvalue weighted by Gasteiger charge is -1.96. The number of aliphatic carboxylic acids is 1. The van der Waals surface area contributed by atoms with Gasteiger partial charge in [0.1, 0.15) is 6.29 Å². The quantitative estimate of drug-likeness (QED) is 0.405. The fourth-order valence-electron chi connectivity index (χ4n) is 0.410. The second-order valence-electron chi connectivity index (χ2n) is 2.05. The van der Waals surface area contributed by atoms with Crippen molar-refractivity contribution < 1.29 is 24.2 Å². The Hall–Kier alpha value is -1.65. The van der Waals surface area contributed by atoms with Gasteiger partial charge in [-0.1, -0.05) is 6.58 Å². The number of carbonyl (C=O) groups excluding carboxylic acids is 2. The molecule has 5 heteroatoms. The molecular formula is C9H14O5. The summed E-state index contributed by atoms with van der Waals surface area (Å²) >= 11 is 0. The van der Waals surface area contributed by atoms with Gasteiger partial charge in [0.2, 0.25) is 0 Å². The minimum atomic E-state index is -0.981. The smallest absolute Gasteiger partial charge is 0.327 e. The second-order valence-corrected chi connectivity index (χ2v) is 2.05. The molecule has 1 N–H and O–H groups in total. The largest absolute Gasteiger partial charge is 0.478 e. The number of esters is 1. The maximum atomic E-state index is 10.4. The molecule has 0 aromatic carbocycles. The lowest BCUT2D eigenvalue weighted by Crippen LogP contribution is -2.03. The van der Waals surface area contributed by atoms with E-state index in [1.165, 1.54) is 0 Å². The monoisotopic (exact) mass is 202 g/mol. The Morgan fingerprint density at radius 2 is 2.00 bits per heavy atom. The van der Waals surface area contributed by atoms with Crippen molar-refractivity contribution in [2.45, 2.75) is 19.8 Å². The standard InChI is InChI=1S/C6H10O3.C3H4O2/c1-2-9-6(8)4-3-5-7;1-2-3(4)5/h5H,2-4H2,1H3;2H,1H2,(H,4,5). The first-order valence-corrected chi connectivity index (χ1v) is 4.03. The fraction of sp³-hybridized carbons (Fsp3) is 0.444. The summed E-state index contributed by atoms with van der Waals surface area (Å²) in [6, 6.07) is 0. The van der Waals surface area contributed by atoms with Crippen LogP contribution >= 0.6 is 0 Å². The van der Waals surface area contributed by atoms with E-state index in [2.05, 4.69) is 11.3 Å². The van der Waals surface area contributed by atoms with Gasteiger partial charge in [0.15, 0.2) is 0 Å². The summed E-state index contributed by atoms with van der Waals surface area (Å²) < 4.78 is 4.55. The van der Waals surface area contributed by atoms with Gasteiger partial charge in [-0.05, 0) is 6.92 Å². The Bertz CT molecular complexity index is 197. The molecule has 0 amide bonds. The second kappa shape index (κ2) is 11.4. The van der Waals surface area contributed by atoms with Crippen LogP contribution in [0.1, 0.15) is 19.8 Å². The highest BCUT2D eigenvalue weighted by Gasteiger charge is 1.97. The first-order chi connectivity index (χ1) is 6.58. The summed E-state index contributed by atoms with van der Waals surface area (Å²) in [5.41, 5.74) is 0. The number of hydrogen-bond donors (Lipinski definition) is 1. The van der Waals surface area contributed by atoms with Crippen LogP contribution in [0.25, 0.3) is 0 Å². The van der Waals surface area contributed by atoms with E-state index >= 15 is 0 Å². The van der Waals surface area contributed by atoms with Crippen LogP contribution in [0.15, 0.2) is 12.7 Å². The normalized spacial score (nSPS) is 7.79. The number of aldehydes is 1. The van der Waals surface area contributed by atoms with E-state index in [1.54, 1.807) is 6.92 Å². The predicted octanol–water partition coefficient (Wildman–Crippen LogP) is 0.786. The maximum absolute atomic E-state index is 10.4. The Kier molecular flexibility index (Phi) is 12.0. The highest BCUT2D eigenvalue weighted by molar-refractivity contribution is 5.78. The summed E-state index contributed by atoms with van der Waals surface area (Å²) in [6.45, 7) is 5.08. The van der Waals surface area contributed by atoms with Crippen molar-refractivity contribution in [3.8, 4) is 0 Å². The zero-order valence-corrected chi connectivity index (χ0v) is 8.06. The third kappa shape index (κ3) is 16.7. The molecule has 0 aliphatic heterocycles. The lowest BCUT2D eigenvalue weighted by molar-refractivity contribution is -0.143. The van der Waals surface area contributed by atoms with Crippen LogP contribution in [0.5, 0.6) is 0 Å². The minimum absolute atomic E-state index is 0.206. The van der Waals surface area contributed by atoms with Crippen molar-refractivity contribution in [1.82, 2.24) is 0 Å². The van der Waals surface area contributed by atoms with Crippen molar-refractivity contribution in [2.75, 3.05) is 6.61 Å². The molecule has 0 atom stereocenters. The molecule has 0 heterocycles. The number of hydrogen-bond acceptors (Lipinski definition) is 4. The molecule has 0 spiro atoms. The maximum Gasteiger partial charge on any atom is 0.327 e. The summed E-state index contributed by atoms with van der Waals surface area (Å²) in [5.74, 6) is -1.28. The van der Waals surface area contributed by atoms with Crippen LogP contribution in [0.2, 0.25) is 0 Å². The molecule has 0 aliphatic carbocycles. The molecular weight excluding hydrogens is 188 g/mol. The van der Waals surface area contributed by atoms with E-state index in [9.17, 15) is 14.4 Å². The molecule has 80 valence electrons. The van der Waals surface area contributed by atoms with Gasteiger partial charge in [0, 0.05) is 12.5 Å². The van der Waals surface area contributed by atoms with E-state index in [0.29, 0.717) is 12.9 Å². The van der Waals surface area contributed by atoms with Crippen LogP contribution in [0, 0.1) is 0 Å². The molecule has 0 saturated carbocycles. The van der Waals surface area contributed by atoms with Gasteiger partial charge in [-0.15, -0.1) is 0 Å². The van der Waals surface area contributed by atoms with Crippen molar-refractivity contribution >= 4 is 18.2 Å². The molecule has 0 bridgehead atoms. The van der Waals surface area contributed by atoms with Gasteiger partial charge in [-0.2, -0.15) is 0 Å². The minimum Gasteiger partial charge on any atom is -0.478 e. The van der Waals surface area contributed by atoms with E-state index in [0.717, 1.165) is 6.08 Å². The highest BCUT2D eigenvalue weighted by Crippen LogP contribution is 1.88. The van der Waals surface area contributed by atoms with E-state index in [4.69, 9.17) is 5.11 Å². The van der Waals surface area contributed by atoms with Crippen LogP contribution in [0.4, 0.5) is 0 Å². The molecule has 5 nitrogen and oxygen atoms in total. The van der Waals surface area contributed by atoms with Crippen molar-refractivity contribution in [3.05, 3.63) is 12.7 Å². The highest BCUT2D eigenvalue weighted by atomic mass is 16.5. The number of carboxylic acids is 1. The van der Waals surface area contributed by atoms with E-state index < -0.39 is 5.97 Å². The molecule has 0 fully saturated rings. The van der Waals surface area contributed by atoms with Crippen LogP contribution < -0.4 is 0 Å². The van der Waals surface area contributed by atoms with E-state index in [-0.39, 0.29) is 18.8 Å². The average Bonchev–Trinajstić information content (AvgIpc) is 2.16. The first-order valence-electron chi connectivity index (χ1n) is 4.03. The molecule has 0 aliphatic rings. The van der Waals surface area contributed by atoms with Crippen molar-refractivity contribution in [1.29, 1.82) is 0 Å². The van der Waals surface area contributed by atoms with Gasteiger partial charge in [-0.3, -0.25) is 4.79 Å². The zero-order chi connectivity index (χ0) is 11.4. The number of rotatable bonds is 5. The number of carboxylic acid groups (broad SMARTS) is 1. The van der Waals surface area contributed by atoms with Crippen molar-refractivity contribution in [2.24, 2.45) is 0 Å². The Balaban J connectivity index is 0. The Labute approximate surface area is 82.4 Å². The summed E-state index contributed by atoms with van der Waals surface area (Å²) in [6.07, 6.45) is 2.01. The van der Waals surface area contributed by atoms with Crippen LogP contribution in [-0.4, -0.2) is 29.9 Å². The molecule has 0 saturated heterocycles. The topological polar surface area (TPSA) is 80.7 Å². The first kappa shape index (κ1) is 14.9. The predicted molar refractivity (Wildman–Crippen MR) is 49.8 cm³/mol. The van der Waals surface area contributed by atoms with Crippen molar-refractivity contribution in [3.63, 3.8) is 0 Å². The molecule has 14 heavy (non-hydrogen) atoms. The van der Waals surface area contributed by atoms with Crippen LogP contribution in [0.3, 0.4) is 0 Å². The third-order valence-electron chi connectivity index (χ3n) is 0.946. The van der Waals surface area contributed by atoms with E-state index in [1.807, 2.05) is 0 Å². The number of ether oxygens (including phenoxy) is 1. The SMILES string of the molecule is C=CC(=O)O.CCOC(=O)CCC=O. The van der Waals surface area contributed by atoms with Crippen LogP contribution in [-0.2, 0) is 19.1 Å². The summed E-state index contributed by atoms with van der Waals surface area (Å²) in [4.78, 5) is 29.4. The Morgan fingerprint density at radius 1 is 1.50 bits per heavy atom. The summed E-state index contributed by atoms with van der Waals surface area (Å²) in [7, 11) is 0. The number of carbonyl (C=O) groups is 3. The fourth-order valence-corrected chi connectivity index (χ4v) is 0.410. The average molecular weight is 202 g/mol. The van der Waals surface area contributed by atoms with Gasteiger partial charge in [-0.25, -0.2) is 4.79 Å². The van der Waals surface area contributed by atoms with Gasteiger partial charge in [0.05, 0.1) is 13.0 Å². The molecule has 0 radical (unpaired) electrons. The Morgan fingerprint density at radius 3 is 2.29 bits per heavy atom. The molecule has 0 aromatic rings. The third-order valence-corrected chi connectivity index (χ3v) is 0.946. The molecule has 0 unspecified atom stereocenters. The summed E-state index contributed by atoms with van der Waals surface area (Å²) in [5, 5.41) is 7.60. The molecule has 0 aromatic heterocycles. The van der Waals surface area contributed by atoms with Gasteiger partial charge >= 0.3 is 11.9 Å².